The lowest BCUT2D eigenvalue weighted by atomic mass is 9.95. The van der Waals surface area contributed by atoms with Gasteiger partial charge in [0.25, 0.3) is 0 Å². The van der Waals surface area contributed by atoms with Gasteiger partial charge in [0.15, 0.2) is 0 Å². The number of hydrogen-bond acceptors (Lipinski definition) is 2. The highest BCUT2D eigenvalue weighted by Crippen LogP contribution is 2.16. The molecule has 0 fully saturated rings. The van der Waals surface area contributed by atoms with E-state index in [1.165, 1.54) is 0 Å². The summed E-state index contributed by atoms with van der Waals surface area (Å²) in [5, 5.41) is 18.3. The van der Waals surface area contributed by atoms with Crippen molar-refractivity contribution in [2.45, 2.75) is 45.1 Å². The van der Waals surface area contributed by atoms with Gasteiger partial charge in [0.1, 0.15) is 0 Å². The molecular weight excluding hydrogens is 128 g/mol. The quantitative estimate of drug-likeness (QED) is 0.614. The third-order valence-electron chi connectivity index (χ3n) is 1.95. The zero-order chi connectivity index (χ0) is 8.04. The molecule has 0 aliphatic rings. The Morgan fingerprint density at radius 2 is 1.90 bits per heavy atom. The van der Waals surface area contributed by atoms with Crippen LogP contribution in [-0.4, -0.2) is 22.4 Å². The maximum absolute atomic E-state index is 9.51. The van der Waals surface area contributed by atoms with Crippen LogP contribution in [0.3, 0.4) is 0 Å². The van der Waals surface area contributed by atoms with Crippen LogP contribution in [0.4, 0.5) is 0 Å². The van der Waals surface area contributed by atoms with Crippen molar-refractivity contribution in [3.63, 3.8) is 0 Å². The molecule has 0 unspecified atom stereocenters. The molecule has 0 aliphatic carbocycles. The summed E-state index contributed by atoms with van der Waals surface area (Å²) >= 11 is 0. The normalized spacial score (nSPS) is 16.8. The van der Waals surface area contributed by atoms with Crippen molar-refractivity contribution >= 4 is 0 Å². The van der Waals surface area contributed by atoms with Crippen LogP contribution in [0.25, 0.3) is 0 Å². The van der Waals surface area contributed by atoms with E-state index in [1.807, 2.05) is 6.92 Å². The first kappa shape index (κ1) is 9.92. The fraction of sp³-hybridized carbons (Fsp3) is 1.00. The van der Waals surface area contributed by atoms with Crippen LogP contribution >= 0.6 is 0 Å². The Kier molecular flexibility index (Phi) is 4.65. The average molecular weight is 146 g/mol. The Labute approximate surface area is 62.9 Å². The smallest absolute Gasteiger partial charge is 0.0874 e. The third-order valence-corrected chi connectivity index (χ3v) is 1.95. The standard InChI is InChI=1S/C8H18O2/c1-3-5-6-8(10,4-2)7-9/h9-10H,3-7H2,1-2H3/t8-/m1/s1. The van der Waals surface area contributed by atoms with Gasteiger partial charge in [-0.05, 0) is 12.8 Å². The molecule has 0 saturated heterocycles. The lowest BCUT2D eigenvalue weighted by Crippen LogP contribution is -2.31. The van der Waals surface area contributed by atoms with Gasteiger partial charge < -0.3 is 10.2 Å². The van der Waals surface area contributed by atoms with Gasteiger partial charge in [0, 0.05) is 0 Å². The molecule has 0 saturated carbocycles. The zero-order valence-electron chi connectivity index (χ0n) is 6.93. The van der Waals surface area contributed by atoms with Gasteiger partial charge in [0.05, 0.1) is 12.2 Å². The Morgan fingerprint density at radius 1 is 1.30 bits per heavy atom. The molecule has 0 aromatic carbocycles. The van der Waals surface area contributed by atoms with Crippen LogP contribution in [0.2, 0.25) is 0 Å². The Morgan fingerprint density at radius 3 is 2.20 bits per heavy atom. The van der Waals surface area contributed by atoms with E-state index in [2.05, 4.69) is 6.92 Å². The number of aliphatic hydroxyl groups excluding tert-OH is 1. The third kappa shape index (κ3) is 3.18. The molecule has 0 bridgehead atoms. The minimum atomic E-state index is -0.810. The zero-order valence-corrected chi connectivity index (χ0v) is 6.93. The van der Waals surface area contributed by atoms with E-state index in [0.29, 0.717) is 6.42 Å². The molecule has 2 nitrogen and oxygen atoms in total. The highest BCUT2D eigenvalue weighted by Gasteiger charge is 2.21. The predicted octanol–water partition coefficient (Wildman–Crippen LogP) is 1.31. The Hall–Kier alpha value is -0.0800. The second kappa shape index (κ2) is 4.69. The van der Waals surface area contributed by atoms with Gasteiger partial charge in [-0.3, -0.25) is 0 Å². The molecule has 0 rings (SSSR count). The molecule has 0 heterocycles. The van der Waals surface area contributed by atoms with E-state index in [9.17, 15) is 5.11 Å². The van der Waals surface area contributed by atoms with Gasteiger partial charge in [-0.15, -0.1) is 0 Å². The van der Waals surface area contributed by atoms with Crippen LogP contribution in [0, 0.1) is 0 Å². The lowest BCUT2D eigenvalue weighted by molar-refractivity contribution is -0.0256. The molecule has 2 heteroatoms. The van der Waals surface area contributed by atoms with E-state index in [0.717, 1.165) is 19.3 Å². The number of aliphatic hydroxyl groups is 2. The van der Waals surface area contributed by atoms with Gasteiger partial charge in [0.2, 0.25) is 0 Å². The van der Waals surface area contributed by atoms with Crippen molar-refractivity contribution in [3.8, 4) is 0 Å². The molecule has 2 N–H and O–H groups in total. The largest absolute Gasteiger partial charge is 0.393 e. The first-order valence-corrected chi connectivity index (χ1v) is 4.01. The van der Waals surface area contributed by atoms with Crippen LogP contribution < -0.4 is 0 Å². The molecule has 0 spiro atoms. The molecule has 10 heavy (non-hydrogen) atoms. The minimum absolute atomic E-state index is 0.108. The fourth-order valence-corrected chi connectivity index (χ4v) is 0.873. The van der Waals surface area contributed by atoms with Gasteiger partial charge in [-0.1, -0.05) is 26.7 Å². The molecule has 0 amide bonds. The second-order valence-corrected chi connectivity index (χ2v) is 2.84. The topological polar surface area (TPSA) is 40.5 Å². The maximum Gasteiger partial charge on any atom is 0.0874 e. The molecular formula is C8H18O2. The lowest BCUT2D eigenvalue weighted by Gasteiger charge is -2.23. The highest BCUT2D eigenvalue weighted by atomic mass is 16.3. The summed E-state index contributed by atoms with van der Waals surface area (Å²) in [7, 11) is 0. The van der Waals surface area contributed by atoms with Gasteiger partial charge >= 0.3 is 0 Å². The van der Waals surface area contributed by atoms with Crippen molar-refractivity contribution in [2.75, 3.05) is 6.61 Å². The highest BCUT2D eigenvalue weighted by molar-refractivity contribution is 4.74. The summed E-state index contributed by atoms with van der Waals surface area (Å²) in [6, 6.07) is 0. The molecule has 0 radical (unpaired) electrons. The minimum Gasteiger partial charge on any atom is -0.393 e. The summed E-state index contributed by atoms with van der Waals surface area (Å²) < 4.78 is 0. The second-order valence-electron chi connectivity index (χ2n) is 2.84. The molecule has 0 aliphatic heterocycles. The van der Waals surface area contributed by atoms with E-state index >= 15 is 0 Å². The summed E-state index contributed by atoms with van der Waals surface area (Å²) in [4.78, 5) is 0. The van der Waals surface area contributed by atoms with E-state index < -0.39 is 5.60 Å². The number of rotatable bonds is 5. The van der Waals surface area contributed by atoms with Crippen molar-refractivity contribution in [1.29, 1.82) is 0 Å². The van der Waals surface area contributed by atoms with Crippen LogP contribution in [0.5, 0.6) is 0 Å². The molecule has 0 aromatic rings. The monoisotopic (exact) mass is 146 g/mol. The first-order valence-electron chi connectivity index (χ1n) is 4.01. The fourth-order valence-electron chi connectivity index (χ4n) is 0.873. The maximum atomic E-state index is 9.51. The Bertz CT molecular complexity index is 77.3. The first-order chi connectivity index (χ1) is 4.68. The van der Waals surface area contributed by atoms with Crippen molar-refractivity contribution in [1.82, 2.24) is 0 Å². The van der Waals surface area contributed by atoms with E-state index in [-0.39, 0.29) is 6.61 Å². The Balaban J connectivity index is 3.58. The van der Waals surface area contributed by atoms with Crippen molar-refractivity contribution in [2.24, 2.45) is 0 Å². The van der Waals surface area contributed by atoms with Gasteiger partial charge in [-0.25, -0.2) is 0 Å². The molecule has 62 valence electrons. The summed E-state index contributed by atoms with van der Waals surface area (Å²) in [6.45, 7) is 3.86. The SMILES string of the molecule is CCCC[C@](O)(CC)CO. The molecule has 0 aromatic heterocycles. The molecule has 1 atom stereocenters. The summed E-state index contributed by atoms with van der Waals surface area (Å²) in [5.41, 5.74) is -0.810. The van der Waals surface area contributed by atoms with Gasteiger partial charge in [-0.2, -0.15) is 0 Å². The number of unbranched alkanes of at least 4 members (excludes halogenated alkanes) is 1. The van der Waals surface area contributed by atoms with E-state index in [4.69, 9.17) is 5.11 Å². The summed E-state index contributed by atoms with van der Waals surface area (Å²) in [5.74, 6) is 0. The van der Waals surface area contributed by atoms with Crippen LogP contribution in [0.15, 0.2) is 0 Å². The van der Waals surface area contributed by atoms with Crippen molar-refractivity contribution < 1.29 is 10.2 Å². The van der Waals surface area contributed by atoms with Crippen LogP contribution in [0.1, 0.15) is 39.5 Å². The van der Waals surface area contributed by atoms with E-state index in [1.54, 1.807) is 0 Å². The summed E-state index contributed by atoms with van der Waals surface area (Å²) in [6.07, 6.45) is 3.42. The predicted molar refractivity (Wildman–Crippen MR) is 41.9 cm³/mol. The van der Waals surface area contributed by atoms with Crippen molar-refractivity contribution in [3.05, 3.63) is 0 Å². The van der Waals surface area contributed by atoms with Crippen LogP contribution in [-0.2, 0) is 0 Å². The number of hydrogen-bond donors (Lipinski definition) is 2. The average Bonchev–Trinajstić information content (AvgIpc) is 2.00.